The van der Waals surface area contributed by atoms with Crippen molar-refractivity contribution >= 4 is 0 Å². The molecular formula is C14H19NO2. The highest BCUT2D eigenvalue weighted by Crippen LogP contribution is 2.47. The van der Waals surface area contributed by atoms with Crippen molar-refractivity contribution in [2.24, 2.45) is 5.92 Å². The average molecular weight is 233 g/mol. The zero-order valence-corrected chi connectivity index (χ0v) is 10.4. The summed E-state index contributed by atoms with van der Waals surface area (Å²) in [6.45, 7) is 0.880. The van der Waals surface area contributed by atoms with Crippen LogP contribution in [-0.2, 0) is 4.74 Å². The van der Waals surface area contributed by atoms with Crippen molar-refractivity contribution in [1.82, 2.24) is 5.32 Å². The molecule has 2 atom stereocenters. The number of nitrogens with one attached hydrogen (secondary N) is 1. The average Bonchev–Trinajstić information content (AvgIpc) is 3.21. The van der Waals surface area contributed by atoms with E-state index < -0.39 is 0 Å². The molecule has 0 spiro atoms. The molecule has 1 N–H and O–H groups in total. The Kier molecular flexibility index (Phi) is 2.81. The Hall–Kier alpha value is -1.06. The van der Waals surface area contributed by atoms with Crippen LogP contribution in [0.1, 0.15) is 36.1 Å². The summed E-state index contributed by atoms with van der Waals surface area (Å²) in [6, 6.07) is 6.80. The monoisotopic (exact) mass is 233 g/mol. The van der Waals surface area contributed by atoms with E-state index in [4.69, 9.17) is 9.47 Å². The first-order valence-electron chi connectivity index (χ1n) is 6.28. The van der Waals surface area contributed by atoms with Crippen molar-refractivity contribution in [1.29, 1.82) is 0 Å². The van der Waals surface area contributed by atoms with E-state index in [2.05, 4.69) is 17.4 Å². The van der Waals surface area contributed by atoms with Crippen molar-refractivity contribution in [2.45, 2.75) is 25.0 Å². The van der Waals surface area contributed by atoms with Gasteiger partial charge >= 0.3 is 0 Å². The lowest BCUT2D eigenvalue weighted by molar-refractivity contribution is 0.0865. The SMILES string of the molecule is COc1cccc2c1C(OC)CNC2C1CC1. The van der Waals surface area contributed by atoms with E-state index >= 15 is 0 Å². The lowest BCUT2D eigenvalue weighted by Gasteiger charge is -2.33. The molecule has 1 heterocycles. The van der Waals surface area contributed by atoms with Crippen molar-refractivity contribution in [3.05, 3.63) is 29.3 Å². The van der Waals surface area contributed by atoms with Crippen LogP contribution in [0, 0.1) is 5.92 Å². The van der Waals surface area contributed by atoms with Gasteiger partial charge in [-0.05, 0) is 30.4 Å². The molecule has 2 unspecified atom stereocenters. The van der Waals surface area contributed by atoms with Gasteiger partial charge in [-0.3, -0.25) is 0 Å². The highest BCUT2D eigenvalue weighted by molar-refractivity contribution is 5.46. The van der Waals surface area contributed by atoms with Crippen molar-refractivity contribution in [3.8, 4) is 5.75 Å². The first-order chi connectivity index (χ1) is 8.35. The predicted octanol–water partition coefficient (Wildman–Crippen LogP) is 2.44. The van der Waals surface area contributed by atoms with E-state index in [-0.39, 0.29) is 6.10 Å². The first kappa shape index (κ1) is 11.1. The summed E-state index contributed by atoms with van der Waals surface area (Å²) in [7, 11) is 3.50. The van der Waals surface area contributed by atoms with Crippen LogP contribution in [0.15, 0.2) is 18.2 Å². The minimum absolute atomic E-state index is 0.108. The minimum atomic E-state index is 0.108. The summed E-state index contributed by atoms with van der Waals surface area (Å²) >= 11 is 0. The lowest BCUT2D eigenvalue weighted by Crippen LogP contribution is -2.35. The van der Waals surface area contributed by atoms with Gasteiger partial charge in [0.05, 0.1) is 13.2 Å². The highest BCUT2D eigenvalue weighted by Gasteiger charge is 2.38. The lowest BCUT2D eigenvalue weighted by atomic mass is 9.89. The fourth-order valence-corrected chi connectivity index (χ4v) is 2.85. The number of benzene rings is 1. The van der Waals surface area contributed by atoms with Gasteiger partial charge in [0, 0.05) is 25.3 Å². The number of methoxy groups -OCH3 is 2. The number of fused-ring (bicyclic) bond motifs is 1. The maximum atomic E-state index is 5.57. The van der Waals surface area contributed by atoms with Crippen LogP contribution >= 0.6 is 0 Å². The molecule has 1 fully saturated rings. The summed E-state index contributed by atoms with van der Waals surface area (Å²) in [5.41, 5.74) is 2.61. The molecule has 0 radical (unpaired) electrons. The van der Waals surface area contributed by atoms with Gasteiger partial charge in [-0.1, -0.05) is 12.1 Å². The van der Waals surface area contributed by atoms with Gasteiger partial charge in [-0.25, -0.2) is 0 Å². The first-order valence-corrected chi connectivity index (χ1v) is 6.28. The second kappa shape index (κ2) is 4.31. The highest BCUT2D eigenvalue weighted by atomic mass is 16.5. The molecule has 3 heteroatoms. The zero-order valence-electron chi connectivity index (χ0n) is 10.4. The third kappa shape index (κ3) is 1.83. The summed E-state index contributed by atoms with van der Waals surface area (Å²) in [4.78, 5) is 0. The molecule has 1 aliphatic carbocycles. The second-order valence-corrected chi connectivity index (χ2v) is 4.91. The third-order valence-corrected chi connectivity index (χ3v) is 3.88. The van der Waals surface area contributed by atoms with Gasteiger partial charge < -0.3 is 14.8 Å². The van der Waals surface area contributed by atoms with E-state index in [0.717, 1.165) is 18.2 Å². The molecule has 0 amide bonds. The Morgan fingerprint density at radius 1 is 1.24 bits per heavy atom. The van der Waals surface area contributed by atoms with E-state index in [1.807, 2.05) is 6.07 Å². The maximum absolute atomic E-state index is 5.57. The zero-order chi connectivity index (χ0) is 11.8. The van der Waals surface area contributed by atoms with Crippen molar-refractivity contribution in [3.63, 3.8) is 0 Å². The van der Waals surface area contributed by atoms with Crippen LogP contribution in [-0.4, -0.2) is 20.8 Å². The van der Waals surface area contributed by atoms with Crippen LogP contribution in [0.5, 0.6) is 5.75 Å². The van der Waals surface area contributed by atoms with Crippen LogP contribution in [0.25, 0.3) is 0 Å². The molecule has 0 bridgehead atoms. The topological polar surface area (TPSA) is 30.5 Å². The number of hydrogen-bond acceptors (Lipinski definition) is 3. The van der Waals surface area contributed by atoms with Gasteiger partial charge in [-0.15, -0.1) is 0 Å². The molecule has 0 aromatic heterocycles. The van der Waals surface area contributed by atoms with Crippen LogP contribution in [0.3, 0.4) is 0 Å². The normalized spacial score (nSPS) is 27.6. The summed E-state index contributed by atoms with van der Waals surface area (Å²) in [5, 5.41) is 3.61. The predicted molar refractivity (Wildman–Crippen MR) is 66.2 cm³/mol. The molecule has 0 saturated heterocycles. The van der Waals surface area contributed by atoms with Gasteiger partial charge in [0.25, 0.3) is 0 Å². The van der Waals surface area contributed by atoms with E-state index in [1.165, 1.54) is 24.0 Å². The Labute approximate surface area is 102 Å². The Morgan fingerprint density at radius 2 is 2.06 bits per heavy atom. The number of hydrogen-bond donors (Lipinski definition) is 1. The minimum Gasteiger partial charge on any atom is -0.496 e. The molecule has 17 heavy (non-hydrogen) atoms. The molecule has 1 aliphatic heterocycles. The van der Waals surface area contributed by atoms with E-state index in [0.29, 0.717) is 6.04 Å². The second-order valence-electron chi connectivity index (χ2n) is 4.91. The number of rotatable bonds is 3. The molecule has 2 aliphatic rings. The maximum Gasteiger partial charge on any atom is 0.125 e. The summed E-state index contributed by atoms with van der Waals surface area (Å²) in [6.07, 6.45) is 2.79. The fourth-order valence-electron chi connectivity index (χ4n) is 2.85. The Balaban J connectivity index is 2.06. The van der Waals surface area contributed by atoms with E-state index in [9.17, 15) is 0 Å². The van der Waals surface area contributed by atoms with Crippen molar-refractivity contribution in [2.75, 3.05) is 20.8 Å². The molecule has 3 rings (SSSR count). The van der Waals surface area contributed by atoms with Crippen LogP contribution in [0.4, 0.5) is 0 Å². The Morgan fingerprint density at radius 3 is 2.71 bits per heavy atom. The van der Waals surface area contributed by atoms with Crippen molar-refractivity contribution < 1.29 is 9.47 Å². The molecule has 3 nitrogen and oxygen atoms in total. The van der Waals surface area contributed by atoms with Crippen LogP contribution < -0.4 is 10.1 Å². The summed E-state index contributed by atoms with van der Waals surface area (Å²) < 4.78 is 11.1. The molecule has 1 aromatic carbocycles. The third-order valence-electron chi connectivity index (χ3n) is 3.88. The van der Waals surface area contributed by atoms with Crippen LogP contribution in [0.2, 0.25) is 0 Å². The van der Waals surface area contributed by atoms with Gasteiger partial charge in [0.15, 0.2) is 0 Å². The molecule has 92 valence electrons. The molecular weight excluding hydrogens is 214 g/mol. The fraction of sp³-hybridized carbons (Fsp3) is 0.571. The smallest absolute Gasteiger partial charge is 0.125 e. The van der Waals surface area contributed by atoms with Gasteiger partial charge in [0.2, 0.25) is 0 Å². The molecule has 1 aromatic rings. The van der Waals surface area contributed by atoms with Gasteiger partial charge in [0.1, 0.15) is 5.75 Å². The summed E-state index contributed by atoms with van der Waals surface area (Å²) in [5.74, 6) is 1.76. The van der Waals surface area contributed by atoms with E-state index in [1.54, 1.807) is 14.2 Å². The standard InChI is InChI=1S/C14H19NO2/c1-16-11-5-3-4-10-13(11)12(17-2)8-15-14(10)9-6-7-9/h3-5,9,12,14-15H,6-8H2,1-2H3. The quantitative estimate of drug-likeness (QED) is 0.869. The Bertz CT molecular complexity index is 415. The number of ether oxygens (including phenoxy) is 2. The molecule has 1 saturated carbocycles. The largest absolute Gasteiger partial charge is 0.496 e. The van der Waals surface area contributed by atoms with Gasteiger partial charge in [-0.2, -0.15) is 0 Å².